The molecule has 3 rings (SSSR count). The predicted octanol–water partition coefficient (Wildman–Crippen LogP) is 1.69. The summed E-state index contributed by atoms with van der Waals surface area (Å²) in [5.41, 5.74) is 3.57. The molecular weight excluding hydrogens is 290 g/mol. The molecule has 0 aromatic carbocycles. The number of aromatic nitrogens is 4. The number of aryl methyl sites for hydroxylation is 2. The van der Waals surface area contributed by atoms with Gasteiger partial charge in [-0.15, -0.1) is 0 Å². The van der Waals surface area contributed by atoms with E-state index in [4.69, 9.17) is 0 Å². The first kappa shape index (κ1) is 15.4. The Labute approximate surface area is 134 Å². The lowest BCUT2D eigenvalue weighted by atomic mass is 10.3. The van der Waals surface area contributed by atoms with Crippen molar-refractivity contribution in [3.05, 3.63) is 64.0 Å². The fraction of sp³-hybridized carbons (Fsp3) is 0.353. The molecule has 0 aliphatic heterocycles. The summed E-state index contributed by atoms with van der Waals surface area (Å²) in [6.07, 6.45) is 5.67. The second-order valence-corrected chi connectivity index (χ2v) is 6.04. The van der Waals surface area contributed by atoms with E-state index in [0.29, 0.717) is 12.2 Å². The third kappa shape index (κ3) is 3.65. The van der Waals surface area contributed by atoms with Crippen molar-refractivity contribution in [2.24, 2.45) is 0 Å². The molecule has 0 aliphatic rings. The van der Waals surface area contributed by atoms with Crippen LogP contribution in [0.3, 0.4) is 0 Å². The quantitative estimate of drug-likeness (QED) is 0.779. The van der Waals surface area contributed by atoms with Crippen molar-refractivity contribution in [2.75, 3.05) is 0 Å². The third-order valence-corrected chi connectivity index (χ3v) is 3.72. The van der Waals surface area contributed by atoms with E-state index < -0.39 is 0 Å². The van der Waals surface area contributed by atoms with E-state index >= 15 is 0 Å². The van der Waals surface area contributed by atoms with Gasteiger partial charge in [-0.05, 0) is 38.0 Å². The minimum Gasteiger partial charge on any atom is -0.307 e. The van der Waals surface area contributed by atoms with E-state index in [0.717, 1.165) is 23.4 Å². The van der Waals surface area contributed by atoms with Crippen molar-refractivity contribution in [3.8, 4) is 0 Å². The van der Waals surface area contributed by atoms with Crippen molar-refractivity contribution in [3.63, 3.8) is 0 Å². The zero-order valence-electron chi connectivity index (χ0n) is 13.7. The molecule has 23 heavy (non-hydrogen) atoms. The van der Waals surface area contributed by atoms with Gasteiger partial charge in [0.1, 0.15) is 5.65 Å². The smallest absolute Gasteiger partial charge is 0.258 e. The Morgan fingerprint density at radius 1 is 1.22 bits per heavy atom. The Kier molecular flexibility index (Phi) is 4.25. The average molecular weight is 311 g/mol. The van der Waals surface area contributed by atoms with E-state index in [2.05, 4.69) is 22.3 Å². The van der Waals surface area contributed by atoms with E-state index in [-0.39, 0.29) is 11.6 Å². The number of fused-ring (bicyclic) bond motifs is 1. The monoisotopic (exact) mass is 311 g/mol. The van der Waals surface area contributed by atoms with Gasteiger partial charge in [0.15, 0.2) is 0 Å². The molecule has 3 aromatic rings. The maximum atomic E-state index is 12.2. The maximum Gasteiger partial charge on any atom is 0.258 e. The number of pyridine rings is 1. The van der Waals surface area contributed by atoms with Crippen molar-refractivity contribution in [2.45, 2.75) is 39.9 Å². The molecule has 0 fully saturated rings. The zero-order valence-corrected chi connectivity index (χ0v) is 13.7. The fourth-order valence-corrected chi connectivity index (χ4v) is 2.54. The fourth-order valence-electron chi connectivity index (χ4n) is 2.54. The van der Waals surface area contributed by atoms with Gasteiger partial charge in [-0.25, -0.2) is 4.98 Å². The van der Waals surface area contributed by atoms with E-state index in [1.165, 1.54) is 0 Å². The van der Waals surface area contributed by atoms with Crippen LogP contribution in [0.1, 0.15) is 23.7 Å². The molecule has 1 atom stereocenters. The molecule has 3 heterocycles. The topological polar surface area (TPSA) is 64.2 Å². The van der Waals surface area contributed by atoms with Crippen LogP contribution in [-0.4, -0.2) is 25.2 Å². The van der Waals surface area contributed by atoms with Gasteiger partial charge in [-0.1, -0.05) is 6.07 Å². The predicted molar refractivity (Wildman–Crippen MR) is 89.5 cm³/mol. The highest BCUT2D eigenvalue weighted by atomic mass is 16.1. The molecule has 0 saturated heterocycles. The average Bonchev–Trinajstić information content (AvgIpc) is 2.91. The Balaban J connectivity index is 1.69. The molecule has 1 N–H and O–H groups in total. The van der Waals surface area contributed by atoms with Crippen LogP contribution in [0.15, 0.2) is 41.6 Å². The Bertz CT molecular complexity index is 880. The van der Waals surface area contributed by atoms with Crippen LogP contribution in [0.2, 0.25) is 0 Å². The van der Waals surface area contributed by atoms with E-state index in [9.17, 15) is 4.79 Å². The summed E-state index contributed by atoms with van der Waals surface area (Å²) < 4.78 is 3.49. The summed E-state index contributed by atoms with van der Waals surface area (Å²) in [5.74, 6) is 0. The normalized spacial score (nSPS) is 12.7. The SMILES string of the molecule is Cc1cnn(C[C@@H](C)NCc2cc(=O)n3cc(C)ccc3n2)c1. The summed E-state index contributed by atoms with van der Waals surface area (Å²) in [5, 5.41) is 7.67. The molecule has 0 amide bonds. The lowest BCUT2D eigenvalue weighted by Crippen LogP contribution is -2.31. The lowest BCUT2D eigenvalue weighted by Gasteiger charge is -2.14. The van der Waals surface area contributed by atoms with Crippen LogP contribution in [0.4, 0.5) is 0 Å². The van der Waals surface area contributed by atoms with Crippen LogP contribution in [0.5, 0.6) is 0 Å². The van der Waals surface area contributed by atoms with Crippen LogP contribution in [0.25, 0.3) is 5.65 Å². The van der Waals surface area contributed by atoms with Crippen molar-refractivity contribution >= 4 is 5.65 Å². The zero-order chi connectivity index (χ0) is 16.4. The van der Waals surface area contributed by atoms with Gasteiger partial charge < -0.3 is 5.32 Å². The molecular formula is C17H21N5O. The Morgan fingerprint density at radius 3 is 2.78 bits per heavy atom. The summed E-state index contributed by atoms with van der Waals surface area (Å²) in [6, 6.07) is 5.65. The van der Waals surface area contributed by atoms with Crippen LogP contribution < -0.4 is 10.9 Å². The first-order valence-corrected chi connectivity index (χ1v) is 7.72. The molecule has 0 unspecified atom stereocenters. The highest BCUT2D eigenvalue weighted by molar-refractivity contribution is 5.39. The standard InChI is InChI=1S/C17H21N5O/c1-12-4-5-16-20-15(6-17(23)22(16)10-12)8-18-14(3)11-21-9-13(2)7-19-21/h4-7,9-10,14,18H,8,11H2,1-3H3/t14-/m1/s1. The van der Waals surface area contributed by atoms with Gasteiger partial charge in [0, 0.05) is 31.0 Å². The summed E-state index contributed by atoms with van der Waals surface area (Å²) in [4.78, 5) is 16.7. The van der Waals surface area contributed by atoms with Crippen molar-refractivity contribution in [1.82, 2.24) is 24.5 Å². The molecule has 3 aromatic heterocycles. The largest absolute Gasteiger partial charge is 0.307 e. The first-order chi connectivity index (χ1) is 11.0. The number of hydrogen-bond donors (Lipinski definition) is 1. The second kappa shape index (κ2) is 6.34. The van der Waals surface area contributed by atoms with Crippen LogP contribution in [0, 0.1) is 13.8 Å². The Hall–Kier alpha value is -2.47. The molecule has 0 spiro atoms. The molecule has 0 radical (unpaired) electrons. The highest BCUT2D eigenvalue weighted by Crippen LogP contribution is 2.03. The minimum atomic E-state index is -0.0501. The van der Waals surface area contributed by atoms with Gasteiger partial charge in [-0.2, -0.15) is 5.10 Å². The van der Waals surface area contributed by atoms with Gasteiger partial charge >= 0.3 is 0 Å². The molecule has 6 nitrogen and oxygen atoms in total. The Morgan fingerprint density at radius 2 is 2.04 bits per heavy atom. The molecule has 0 aliphatic carbocycles. The third-order valence-electron chi connectivity index (χ3n) is 3.72. The van der Waals surface area contributed by atoms with Gasteiger partial charge in [-0.3, -0.25) is 13.9 Å². The van der Waals surface area contributed by atoms with Crippen LogP contribution in [-0.2, 0) is 13.1 Å². The highest BCUT2D eigenvalue weighted by Gasteiger charge is 2.06. The van der Waals surface area contributed by atoms with Crippen LogP contribution >= 0.6 is 0 Å². The van der Waals surface area contributed by atoms with Gasteiger partial charge in [0.25, 0.3) is 5.56 Å². The lowest BCUT2D eigenvalue weighted by molar-refractivity contribution is 0.448. The second-order valence-electron chi connectivity index (χ2n) is 6.04. The first-order valence-electron chi connectivity index (χ1n) is 7.72. The van der Waals surface area contributed by atoms with Gasteiger partial charge in [0.05, 0.1) is 18.4 Å². The van der Waals surface area contributed by atoms with Crippen molar-refractivity contribution in [1.29, 1.82) is 0 Å². The summed E-state index contributed by atoms with van der Waals surface area (Å²) >= 11 is 0. The number of hydrogen-bond acceptors (Lipinski definition) is 4. The summed E-state index contributed by atoms with van der Waals surface area (Å²) in [6.45, 7) is 7.41. The maximum absolute atomic E-state index is 12.2. The van der Waals surface area contributed by atoms with E-state index in [1.807, 2.05) is 49.3 Å². The number of nitrogens with one attached hydrogen (secondary N) is 1. The molecule has 0 saturated carbocycles. The molecule has 120 valence electrons. The number of rotatable bonds is 5. The minimum absolute atomic E-state index is 0.0501. The summed E-state index contributed by atoms with van der Waals surface area (Å²) in [7, 11) is 0. The van der Waals surface area contributed by atoms with Crippen molar-refractivity contribution < 1.29 is 0 Å². The van der Waals surface area contributed by atoms with E-state index in [1.54, 1.807) is 10.5 Å². The molecule has 0 bridgehead atoms. The van der Waals surface area contributed by atoms with Gasteiger partial charge in [0.2, 0.25) is 0 Å². The molecule has 6 heteroatoms. The number of nitrogens with zero attached hydrogens (tertiary/aromatic N) is 4.